The maximum Gasteiger partial charge on any atom is 0.245 e. The summed E-state index contributed by atoms with van der Waals surface area (Å²) in [6.45, 7) is 4.70. The number of anilines is 1. The quantitative estimate of drug-likeness (QED) is 0.571. The fourth-order valence-corrected chi connectivity index (χ4v) is 3.21. The Morgan fingerprint density at radius 1 is 1.21 bits per heavy atom. The lowest BCUT2D eigenvalue weighted by Crippen LogP contribution is -2.51. The zero-order chi connectivity index (χ0) is 18.8. The van der Waals surface area contributed by atoms with E-state index in [1.54, 1.807) is 18.3 Å². The van der Waals surface area contributed by atoms with Crippen LogP contribution in [0.3, 0.4) is 0 Å². The van der Waals surface area contributed by atoms with Crippen LogP contribution in [0, 0.1) is 5.95 Å². The van der Waals surface area contributed by atoms with Gasteiger partial charge in [0, 0.05) is 31.2 Å². The lowest BCUT2D eigenvalue weighted by atomic mass is 10.0. The Balaban J connectivity index is 0.00000150. The van der Waals surface area contributed by atoms with Crippen molar-refractivity contribution >= 4 is 30.8 Å². The van der Waals surface area contributed by atoms with Gasteiger partial charge in [-0.2, -0.15) is 9.49 Å². The average Bonchev–Trinajstić information content (AvgIpc) is 3.14. The van der Waals surface area contributed by atoms with E-state index in [2.05, 4.69) is 42.5 Å². The highest BCUT2D eigenvalue weighted by molar-refractivity contribution is 5.85. The molecule has 1 aliphatic heterocycles. The number of aromatic nitrogens is 5. The normalized spacial score (nSPS) is 16.1. The van der Waals surface area contributed by atoms with E-state index in [1.807, 2.05) is 0 Å². The van der Waals surface area contributed by atoms with E-state index >= 15 is 0 Å². The van der Waals surface area contributed by atoms with Crippen molar-refractivity contribution in [3.63, 3.8) is 0 Å². The third-order valence-corrected chi connectivity index (χ3v) is 4.76. The number of phenols is 1. The van der Waals surface area contributed by atoms with Gasteiger partial charge in [0.15, 0.2) is 0 Å². The topological polar surface area (TPSA) is 103 Å². The fraction of sp³-hybridized carbons (Fsp3) is 0.333. The number of hydrogen-bond acceptors (Lipinski definition) is 7. The summed E-state index contributed by atoms with van der Waals surface area (Å²) in [5.41, 5.74) is 1.76. The summed E-state index contributed by atoms with van der Waals surface area (Å²) < 4.78 is 13.6. The van der Waals surface area contributed by atoms with E-state index in [1.165, 1.54) is 12.3 Å². The minimum Gasteiger partial charge on any atom is -0.507 e. The number of benzene rings is 1. The number of nitrogens with zero attached hydrogens (tertiary/aromatic N) is 5. The molecule has 8 nitrogen and oxygen atoms in total. The lowest BCUT2D eigenvalue weighted by Gasteiger charge is -2.32. The second kappa shape index (κ2) is 9.82. The highest BCUT2D eigenvalue weighted by atomic mass is 35.5. The molecule has 0 spiro atoms. The molecule has 0 saturated carbocycles. The van der Waals surface area contributed by atoms with Crippen molar-refractivity contribution in [2.45, 2.75) is 19.4 Å². The van der Waals surface area contributed by atoms with Gasteiger partial charge in [-0.15, -0.1) is 35.0 Å². The monoisotopic (exact) mass is 441 g/mol. The molecule has 0 radical (unpaired) electrons. The van der Waals surface area contributed by atoms with E-state index in [4.69, 9.17) is 0 Å². The minimum atomic E-state index is -0.547. The Kier molecular flexibility index (Phi) is 7.72. The fourth-order valence-electron chi connectivity index (χ4n) is 3.21. The zero-order valence-electron chi connectivity index (χ0n) is 15.7. The summed E-state index contributed by atoms with van der Waals surface area (Å²) in [7, 11) is 0. The molecule has 11 heteroatoms. The van der Waals surface area contributed by atoms with Gasteiger partial charge in [-0.25, -0.2) is 4.98 Å². The summed E-state index contributed by atoms with van der Waals surface area (Å²) in [6.07, 6.45) is 4.01. The molecule has 3 aromatic rings. The maximum absolute atomic E-state index is 13.6. The molecule has 0 amide bonds. The molecule has 3 heterocycles. The first-order chi connectivity index (χ1) is 13.2. The molecule has 1 saturated heterocycles. The summed E-state index contributed by atoms with van der Waals surface area (Å²) in [4.78, 5) is 6.52. The van der Waals surface area contributed by atoms with Gasteiger partial charge < -0.3 is 15.3 Å². The van der Waals surface area contributed by atoms with Gasteiger partial charge in [-0.05, 0) is 24.1 Å². The third-order valence-electron chi connectivity index (χ3n) is 4.76. The van der Waals surface area contributed by atoms with Gasteiger partial charge in [-0.3, -0.25) is 5.10 Å². The number of halogens is 3. The predicted octanol–water partition coefficient (Wildman–Crippen LogP) is 2.81. The molecule has 4 rings (SSSR count). The molecule has 0 aliphatic carbocycles. The Labute approximate surface area is 179 Å². The van der Waals surface area contributed by atoms with Crippen LogP contribution in [0.2, 0.25) is 0 Å². The van der Waals surface area contributed by atoms with E-state index in [9.17, 15) is 9.50 Å². The van der Waals surface area contributed by atoms with Crippen LogP contribution in [0.4, 0.5) is 10.3 Å². The Morgan fingerprint density at radius 2 is 2.03 bits per heavy atom. The molecule has 1 atom stereocenters. The van der Waals surface area contributed by atoms with Crippen molar-refractivity contribution in [1.82, 2.24) is 30.7 Å². The van der Waals surface area contributed by atoms with Crippen molar-refractivity contribution in [3.8, 4) is 28.1 Å². The summed E-state index contributed by atoms with van der Waals surface area (Å²) in [5.74, 6) is 0.00909. The number of aromatic amines is 1. The van der Waals surface area contributed by atoms with Gasteiger partial charge in [0.05, 0.1) is 18.0 Å². The standard InChI is InChI=1S/C18H20FN7O.2ClH/c1-2-12-10-26(6-5-20-12)18-21-9-15(23-25-18)13-4-3-11(7-16(13)27)14-8-22-24-17(14)19;;/h3-4,7-9,12,20,27H,2,5-6,10H2,1H3,(H,22,24);2*1H/t12-;;/m0../s1. The molecular weight excluding hydrogens is 420 g/mol. The van der Waals surface area contributed by atoms with Gasteiger partial charge in [-0.1, -0.05) is 13.0 Å². The highest BCUT2D eigenvalue weighted by Gasteiger charge is 2.20. The number of nitrogens with one attached hydrogen (secondary N) is 2. The number of aromatic hydroxyl groups is 1. The smallest absolute Gasteiger partial charge is 0.245 e. The zero-order valence-corrected chi connectivity index (χ0v) is 17.3. The van der Waals surface area contributed by atoms with Crippen molar-refractivity contribution in [1.29, 1.82) is 0 Å². The molecular formula is C18H22Cl2FN7O. The predicted molar refractivity (Wildman–Crippen MR) is 113 cm³/mol. The van der Waals surface area contributed by atoms with Crippen LogP contribution in [-0.2, 0) is 0 Å². The number of piperazine rings is 1. The number of H-pyrrole nitrogens is 1. The van der Waals surface area contributed by atoms with Crippen LogP contribution in [0.1, 0.15) is 13.3 Å². The van der Waals surface area contributed by atoms with Crippen LogP contribution in [-0.4, -0.2) is 56.2 Å². The summed E-state index contributed by atoms with van der Waals surface area (Å²) in [5, 5.41) is 28.1. The molecule has 3 N–H and O–H groups in total. The second-order valence-corrected chi connectivity index (χ2v) is 6.48. The van der Waals surface area contributed by atoms with Crippen molar-refractivity contribution in [2.24, 2.45) is 0 Å². The van der Waals surface area contributed by atoms with Gasteiger partial charge >= 0.3 is 0 Å². The van der Waals surface area contributed by atoms with Crippen LogP contribution in [0.5, 0.6) is 5.75 Å². The number of rotatable bonds is 4. The van der Waals surface area contributed by atoms with Crippen LogP contribution in [0.25, 0.3) is 22.4 Å². The second-order valence-electron chi connectivity index (χ2n) is 6.48. The first-order valence-corrected chi connectivity index (χ1v) is 8.86. The van der Waals surface area contributed by atoms with E-state index in [0.717, 1.165) is 26.1 Å². The number of hydrogen-bond donors (Lipinski definition) is 3. The molecule has 1 fully saturated rings. The van der Waals surface area contributed by atoms with Gasteiger partial charge in [0.25, 0.3) is 0 Å². The van der Waals surface area contributed by atoms with Crippen LogP contribution < -0.4 is 10.2 Å². The third kappa shape index (κ3) is 4.75. The lowest BCUT2D eigenvalue weighted by molar-refractivity contribution is 0.442. The first-order valence-electron chi connectivity index (χ1n) is 8.86. The minimum absolute atomic E-state index is 0. The molecule has 0 unspecified atom stereocenters. The molecule has 1 aromatic carbocycles. The van der Waals surface area contributed by atoms with Gasteiger partial charge in [0.2, 0.25) is 11.9 Å². The summed E-state index contributed by atoms with van der Waals surface area (Å²) in [6, 6.07) is 5.25. The molecule has 156 valence electrons. The highest BCUT2D eigenvalue weighted by Crippen LogP contribution is 2.32. The Morgan fingerprint density at radius 3 is 2.66 bits per heavy atom. The van der Waals surface area contributed by atoms with Crippen LogP contribution >= 0.6 is 24.8 Å². The van der Waals surface area contributed by atoms with Crippen molar-refractivity contribution in [3.05, 3.63) is 36.5 Å². The van der Waals surface area contributed by atoms with Crippen LogP contribution in [0.15, 0.2) is 30.6 Å². The molecule has 0 bridgehead atoms. The van der Waals surface area contributed by atoms with Gasteiger partial charge in [0.1, 0.15) is 11.4 Å². The largest absolute Gasteiger partial charge is 0.507 e. The van der Waals surface area contributed by atoms with Crippen molar-refractivity contribution < 1.29 is 9.50 Å². The van der Waals surface area contributed by atoms with E-state index in [-0.39, 0.29) is 30.6 Å². The summed E-state index contributed by atoms with van der Waals surface area (Å²) >= 11 is 0. The first kappa shape index (κ1) is 22.8. The van der Waals surface area contributed by atoms with E-state index in [0.29, 0.717) is 34.4 Å². The Hall–Kier alpha value is -2.49. The average molecular weight is 442 g/mol. The number of phenolic OH excluding ortho intramolecular Hbond substituents is 1. The SMILES string of the molecule is CC[C@H]1CN(c2ncc(-c3ccc(-c4cn[nH]c4F)cc3O)nn2)CCN1.Cl.Cl. The van der Waals surface area contributed by atoms with E-state index < -0.39 is 5.95 Å². The molecule has 1 aliphatic rings. The maximum atomic E-state index is 13.6. The molecule has 29 heavy (non-hydrogen) atoms. The van der Waals surface area contributed by atoms with Crippen molar-refractivity contribution in [2.75, 3.05) is 24.5 Å². The molecule has 2 aromatic heterocycles. The Bertz CT molecular complexity index is 938.